The molecule has 0 saturated heterocycles. The summed E-state index contributed by atoms with van der Waals surface area (Å²) in [5.74, 6) is 0. The van der Waals surface area contributed by atoms with Crippen molar-refractivity contribution in [2.24, 2.45) is 5.10 Å². The Kier molecular flexibility index (Phi) is 3.92. The van der Waals surface area contributed by atoms with Crippen molar-refractivity contribution in [1.29, 1.82) is 0 Å². The molecule has 2 rings (SSSR count). The molecular formula is C15H16N2. The molecular weight excluding hydrogens is 208 g/mol. The molecule has 0 fully saturated rings. The van der Waals surface area contributed by atoms with Gasteiger partial charge in [-0.15, -0.1) is 0 Å². The van der Waals surface area contributed by atoms with Crippen LogP contribution in [0.2, 0.25) is 0 Å². The highest BCUT2D eigenvalue weighted by Gasteiger charge is 1.89. The van der Waals surface area contributed by atoms with E-state index >= 15 is 0 Å². The SMILES string of the molecule is Cc1cccc(C=NNCc2ccccc2)c1. The fourth-order valence-corrected chi connectivity index (χ4v) is 1.60. The molecule has 0 aromatic heterocycles. The van der Waals surface area contributed by atoms with Crippen LogP contribution >= 0.6 is 0 Å². The second-order valence-electron chi connectivity index (χ2n) is 3.99. The topological polar surface area (TPSA) is 24.4 Å². The van der Waals surface area contributed by atoms with Crippen LogP contribution in [0.5, 0.6) is 0 Å². The van der Waals surface area contributed by atoms with E-state index in [1.54, 1.807) is 0 Å². The predicted molar refractivity (Wildman–Crippen MR) is 72.1 cm³/mol. The Morgan fingerprint density at radius 3 is 2.65 bits per heavy atom. The van der Waals surface area contributed by atoms with Gasteiger partial charge in [0.25, 0.3) is 0 Å². The number of aryl methyl sites for hydroxylation is 1. The number of hydrogen-bond donors (Lipinski definition) is 1. The molecule has 2 aromatic carbocycles. The second kappa shape index (κ2) is 5.85. The summed E-state index contributed by atoms with van der Waals surface area (Å²) in [7, 11) is 0. The van der Waals surface area contributed by atoms with Crippen LogP contribution in [0, 0.1) is 6.92 Å². The highest BCUT2D eigenvalue weighted by molar-refractivity contribution is 5.79. The van der Waals surface area contributed by atoms with Gasteiger partial charge in [-0.3, -0.25) is 0 Å². The molecule has 0 atom stereocenters. The summed E-state index contributed by atoms with van der Waals surface area (Å²) in [4.78, 5) is 0. The molecule has 0 aliphatic rings. The number of nitrogens with zero attached hydrogens (tertiary/aromatic N) is 1. The molecule has 0 unspecified atom stereocenters. The third kappa shape index (κ3) is 3.76. The van der Waals surface area contributed by atoms with Gasteiger partial charge < -0.3 is 5.43 Å². The Labute approximate surface area is 102 Å². The smallest absolute Gasteiger partial charge is 0.0580 e. The van der Waals surface area contributed by atoms with E-state index in [0.29, 0.717) is 0 Å². The quantitative estimate of drug-likeness (QED) is 0.626. The molecule has 0 bridgehead atoms. The van der Waals surface area contributed by atoms with E-state index in [4.69, 9.17) is 0 Å². The van der Waals surface area contributed by atoms with Gasteiger partial charge in [0.05, 0.1) is 12.8 Å². The van der Waals surface area contributed by atoms with Crippen molar-refractivity contribution in [1.82, 2.24) is 5.43 Å². The predicted octanol–water partition coefficient (Wildman–Crippen LogP) is 3.12. The molecule has 0 radical (unpaired) electrons. The summed E-state index contributed by atoms with van der Waals surface area (Å²) >= 11 is 0. The van der Waals surface area contributed by atoms with Crippen molar-refractivity contribution >= 4 is 6.21 Å². The molecule has 2 aromatic rings. The molecule has 0 aliphatic heterocycles. The van der Waals surface area contributed by atoms with Gasteiger partial charge in [0.15, 0.2) is 0 Å². The monoisotopic (exact) mass is 224 g/mol. The standard InChI is InChI=1S/C15H16N2/c1-13-6-5-9-15(10-13)12-17-16-11-14-7-3-2-4-8-14/h2-10,12,16H,11H2,1H3. The zero-order valence-corrected chi connectivity index (χ0v) is 9.93. The van der Waals surface area contributed by atoms with Crippen LogP contribution in [-0.4, -0.2) is 6.21 Å². The van der Waals surface area contributed by atoms with Crippen LogP contribution < -0.4 is 5.43 Å². The van der Waals surface area contributed by atoms with E-state index in [-0.39, 0.29) is 0 Å². The minimum absolute atomic E-state index is 0.753. The van der Waals surface area contributed by atoms with Crippen LogP contribution in [0.1, 0.15) is 16.7 Å². The first-order valence-corrected chi connectivity index (χ1v) is 5.71. The normalized spacial score (nSPS) is 10.6. The summed E-state index contributed by atoms with van der Waals surface area (Å²) in [5, 5.41) is 4.20. The van der Waals surface area contributed by atoms with Gasteiger partial charge in [-0.25, -0.2) is 0 Å². The molecule has 0 spiro atoms. The Morgan fingerprint density at radius 1 is 1.06 bits per heavy atom. The van der Waals surface area contributed by atoms with Crippen molar-refractivity contribution in [2.75, 3.05) is 0 Å². The molecule has 2 nitrogen and oxygen atoms in total. The third-order valence-corrected chi connectivity index (χ3v) is 2.47. The van der Waals surface area contributed by atoms with Crippen molar-refractivity contribution in [3.8, 4) is 0 Å². The average molecular weight is 224 g/mol. The maximum absolute atomic E-state index is 4.20. The zero-order valence-electron chi connectivity index (χ0n) is 9.93. The van der Waals surface area contributed by atoms with E-state index < -0.39 is 0 Å². The Morgan fingerprint density at radius 2 is 1.88 bits per heavy atom. The molecule has 0 aliphatic carbocycles. The number of hydrogen-bond acceptors (Lipinski definition) is 2. The highest BCUT2D eigenvalue weighted by atomic mass is 15.3. The van der Waals surface area contributed by atoms with E-state index in [0.717, 1.165) is 12.1 Å². The molecule has 0 saturated carbocycles. The minimum Gasteiger partial charge on any atom is -0.306 e. The minimum atomic E-state index is 0.753. The summed E-state index contributed by atoms with van der Waals surface area (Å²) in [5.41, 5.74) is 6.63. The molecule has 0 amide bonds. The van der Waals surface area contributed by atoms with Gasteiger partial charge >= 0.3 is 0 Å². The average Bonchev–Trinajstić information content (AvgIpc) is 2.36. The van der Waals surface area contributed by atoms with Gasteiger partial charge in [0, 0.05) is 0 Å². The van der Waals surface area contributed by atoms with E-state index in [2.05, 4.69) is 41.7 Å². The Bertz CT molecular complexity index is 489. The summed E-state index contributed by atoms with van der Waals surface area (Å²) in [6.07, 6.45) is 1.84. The summed E-state index contributed by atoms with van der Waals surface area (Å²) in [6, 6.07) is 18.5. The first-order valence-electron chi connectivity index (χ1n) is 5.71. The van der Waals surface area contributed by atoms with E-state index in [1.807, 2.05) is 36.5 Å². The van der Waals surface area contributed by atoms with Gasteiger partial charge in [-0.2, -0.15) is 5.10 Å². The largest absolute Gasteiger partial charge is 0.306 e. The van der Waals surface area contributed by atoms with Crippen molar-refractivity contribution in [3.63, 3.8) is 0 Å². The number of rotatable bonds is 4. The zero-order chi connectivity index (χ0) is 11.9. The van der Waals surface area contributed by atoms with E-state index in [9.17, 15) is 0 Å². The third-order valence-electron chi connectivity index (χ3n) is 2.47. The van der Waals surface area contributed by atoms with Crippen LogP contribution in [0.3, 0.4) is 0 Å². The molecule has 17 heavy (non-hydrogen) atoms. The van der Waals surface area contributed by atoms with Crippen LogP contribution in [0.4, 0.5) is 0 Å². The number of benzene rings is 2. The van der Waals surface area contributed by atoms with Gasteiger partial charge in [0.2, 0.25) is 0 Å². The Balaban J connectivity index is 1.86. The lowest BCUT2D eigenvalue weighted by Crippen LogP contribution is -2.05. The molecule has 0 heterocycles. The maximum atomic E-state index is 4.20. The van der Waals surface area contributed by atoms with Crippen LogP contribution in [-0.2, 0) is 6.54 Å². The lowest BCUT2D eigenvalue weighted by molar-refractivity contribution is 0.748. The lowest BCUT2D eigenvalue weighted by Gasteiger charge is -2.00. The molecule has 1 N–H and O–H groups in total. The fraction of sp³-hybridized carbons (Fsp3) is 0.133. The van der Waals surface area contributed by atoms with Crippen molar-refractivity contribution in [2.45, 2.75) is 13.5 Å². The van der Waals surface area contributed by atoms with E-state index in [1.165, 1.54) is 11.1 Å². The molecule has 2 heteroatoms. The first-order chi connectivity index (χ1) is 8.34. The summed E-state index contributed by atoms with van der Waals surface area (Å²) < 4.78 is 0. The number of nitrogens with one attached hydrogen (secondary N) is 1. The van der Waals surface area contributed by atoms with Gasteiger partial charge in [-0.1, -0.05) is 60.2 Å². The Hall–Kier alpha value is -2.09. The van der Waals surface area contributed by atoms with Crippen LogP contribution in [0.25, 0.3) is 0 Å². The van der Waals surface area contributed by atoms with Crippen LogP contribution in [0.15, 0.2) is 59.7 Å². The maximum Gasteiger partial charge on any atom is 0.0580 e. The summed E-state index contributed by atoms with van der Waals surface area (Å²) in [6.45, 7) is 2.83. The molecule has 86 valence electrons. The fourth-order valence-electron chi connectivity index (χ4n) is 1.60. The van der Waals surface area contributed by atoms with Crippen molar-refractivity contribution < 1.29 is 0 Å². The van der Waals surface area contributed by atoms with Gasteiger partial charge in [-0.05, 0) is 18.1 Å². The number of hydrazone groups is 1. The second-order valence-corrected chi connectivity index (χ2v) is 3.99. The lowest BCUT2D eigenvalue weighted by atomic mass is 10.2. The van der Waals surface area contributed by atoms with Gasteiger partial charge in [0.1, 0.15) is 0 Å². The van der Waals surface area contributed by atoms with Crippen molar-refractivity contribution in [3.05, 3.63) is 71.3 Å². The highest BCUT2D eigenvalue weighted by Crippen LogP contribution is 2.01. The first kappa shape index (κ1) is 11.4.